The summed E-state index contributed by atoms with van der Waals surface area (Å²) in [4.78, 5) is 12.6. The first-order chi connectivity index (χ1) is 15.1. The normalized spacial score (nSPS) is 12.3. The van der Waals surface area contributed by atoms with E-state index in [9.17, 15) is 17.6 Å². The lowest BCUT2D eigenvalue weighted by molar-refractivity contribution is 0.0940. The Balaban J connectivity index is 1.76. The molecule has 0 heterocycles. The van der Waals surface area contributed by atoms with E-state index >= 15 is 0 Å². The Morgan fingerprint density at radius 3 is 2.06 bits per heavy atom. The first-order valence-electron chi connectivity index (χ1n) is 10.3. The molecule has 0 saturated carbocycles. The Labute approximate surface area is 188 Å². The fourth-order valence-corrected chi connectivity index (χ4v) is 4.61. The fraction of sp³-hybridized carbons (Fsp3) is 0.240. The highest BCUT2D eigenvalue weighted by molar-refractivity contribution is 7.92. The predicted octanol–water partition coefficient (Wildman–Crippen LogP) is 4.90. The molecular weight excluding hydrogens is 427 g/mol. The van der Waals surface area contributed by atoms with E-state index in [1.807, 2.05) is 39.0 Å². The maximum atomic E-state index is 13.1. The van der Waals surface area contributed by atoms with Gasteiger partial charge in [-0.05, 0) is 67.3 Å². The molecule has 1 amide bonds. The predicted molar refractivity (Wildman–Crippen MR) is 126 cm³/mol. The van der Waals surface area contributed by atoms with Crippen molar-refractivity contribution in [1.82, 2.24) is 5.32 Å². The molecule has 0 unspecified atom stereocenters. The van der Waals surface area contributed by atoms with Crippen molar-refractivity contribution >= 4 is 21.6 Å². The van der Waals surface area contributed by atoms with Gasteiger partial charge in [0.15, 0.2) is 0 Å². The van der Waals surface area contributed by atoms with E-state index in [1.54, 1.807) is 36.4 Å². The Hall–Kier alpha value is -3.19. The lowest BCUT2D eigenvalue weighted by Crippen LogP contribution is -2.30. The zero-order valence-electron chi connectivity index (χ0n) is 18.6. The third-order valence-corrected chi connectivity index (χ3v) is 6.46. The molecule has 7 heteroatoms. The SMILES string of the molecule is Cc1cccc(C)c1N(Cc1ccc(C(=O)N[C@@H](C)c2ccc(F)cc2)cc1)S(C)(=O)=O. The largest absolute Gasteiger partial charge is 0.346 e. The molecule has 3 aromatic carbocycles. The van der Waals surface area contributed by atoms with Crippen LogP contribution in [0.4, 0.5) is 10.1 Å². The summed E-state index contributed by atoms with van der Waals surface area (Å²) in [6, 6.07) is 18.2. The molecule has 0 bridgehead atoms. The van der Waals surface area contributed by atoms with Crippen LogP contribution in [0.2, 0.25) is 0 Å². The Morgan fingerprint density at radius 2 is 1.53 bits per heavy atom. The van der Waals surface area contributed by atoms with E-state index in [4.69, 9.17) is 0 Å². The van der Waals surface area contributed by atoms with Crippen LogP contribution in [-0.4, -0.2) is 20.6 Å². The minimum atomic E-state index is -3.51. The Morgan fingerprint density at radius 1 is 0.969 bits per heavy atom. The summed E-state index contributed by atoms with van der Waals surface area (Å²) in [5.74, 6) is -0.588. The molecule has 0 aromatic heterocycles. The minimum Gasteiger partial charge on any atom is -0.346 e. The standard InChI is InChI=1S/C25H27FN2O3S/c1-17-6-5-7-18(2)24(17)28(32(4,30)31)16-20-8-10-22(11-9-20)25(29)27-19(3)21-12-14-23(26)15-13-21/h5-15,19H,16H2,1-4H3,(H,27,29)/t19-/m0/s1. The van der Waals surface area contributed by atoms with Crippen LogP contribution in [0.3, 0.4) is 0 Å². The number of hydrogen-bond donors (Lipinski definition) is 1. The summed E-state index contributed by atoms with van der Waals surface area (Å²) in [5.41, 5.74) is 4.45. The smallest absolute Gasteiger partial charge is 0.251 e. The molecule has 0 aliphatic carbocycles. The molecule has 0 radical (unpaired) electrons. The number of benzene rings is 3. The zero-order chi connectivity index (χ0) is 23.5. The van der Waals surface area contributed by atoms with E-state index in [0.29, 0.717) is 11.3 Å². The molecule has 32 heavy (non-hydrogen) atoms. The van der Waals surface area contributed by atoms with E-state index in [0.717, 1.165) is 22.3 Å². The molecule has 0 aliphatic heterocycles. The third-order valence-electron chi connectivity index (χ3n) is 5.35. The van der Waals surface area contributed by atoms with Crippen molar-refractivity contribution in [3.05, 3.63) is 100 Å². The van der Waals surface area contributed by atoms with Gasteiger partial charge in [-0.1, -0.05) is 42.5 Å². The van der Waals surface area contributed by atoms with Crippen LogP contribution < -0.4 is 9.62 Å². The molecule has 0 spiro atoms. The first-order valence-corrected chi connectivity index (χ1v) is 12.1. The summed E-state index contributed by atoms with van der Waals surface area (Å²) in [5, 5.41) is 2.89. The highest BCUT2D eigenvalue weighted by atomic mass is 32.2. The molecule has 5 nitrogen and oxygen atoms in total. The van der Waals surface area contributed by atoms with Crippen LogP contribution in [-0.2, 0) is 16.6 Å². The van der Waals surface area contributed by atoms with Crippen molar-refractivity contribution in [3.8, 4) is 0 Å². The summed E-state index contributed by atoms with van der Waals surface area (Å²) in [7, 11) is -3.51. The van der Waals surface area contributed by atoms with Gasteiger partial charge in [-0.25, -0.2) is 12.8 Å². The highest BCUT2D eigenvalue weighted by Gasteiger charge is 2.21. The van der Waals surface area contributed by atoms with Gasteiger partial charge in [0.2, 0.25) is 10.0 Å². The number of carbonyl (C=O) groups is 1. The summed E-state index contributed by atoms with van der Waals surface area (Å²) < 4.78 is 39.6. The molecule has 1 atom stereocenters. The van der Waals surface area contributed by atoms with Crippen molar-refractivity contribution in [2.75, 3.05) is 10.6 Å². The van der Waals surface area contributed by atoms with Gasteiger partial charge in [-0.3, -0.25) is 9.10 Å². The molecule has 0 saturated heterocycles. The van der Waals surface area contributed by atoms with Crippen LogP contribution >= 0.6 is 0 Å². The zero-order valence-corrected chi connectivity index (χ0v) is 19.4. The molecule has 3 rings (SSSR count). The van der Waals surface area contributed by atoms with Gasteiger partial charge >= 0.3 is 0 Å². The Kier molecular flexibility index (Phi) is 6.99. The summed E-state index contributed by atoms with van der Waals surface area (Å²) in [6.07, 6.45) is 1.19. The van der Waals surface area contributed by atoms with E-state index in [2.05, 4.69) is 5.32 Å². The van der Waals surface area contributed by atoms with E-state index < -0.39 is 10.0 Å². The highest BCUT2D eigenvalue weighted by Crippen LogP contribution is 2.28. The number of sulfonamides is 1. The number of nitrogens with one attached hydrogen (secondary N) is 1. The first kappa shape index (κ1) is 23.5. The second kappa shape index (κ2) is 9.53. The molecule has 168 valence electrons. The van der Waals surface area contributed by atoms with Crippen molar-refractivity contribution in [2.45, 2.75) is 33.4 Å². The van der Waals surface area contributed by atoms with Gasteiger partial charge in [0.05, 0.1) is 24.5 Å². The van der Waals surface area contributed by atoms with E-state index in [-0.39, 0.29) is 24.3 Å². The lowest BCUT2D eigenvalue weighted by atomic mass is 10.1. The van der Waals surface area contributed by atoms with Crippen LogP contribution in [0.25, 0.3) is 0 Å². The number of aryl methyl sites for hydroxylation is 2. The average Bonchev–Trinajstić information content (AvgIpc) is 2.73. The molecule has 0 aliphatic rings. The second-order valence-electron chi connectivity index (χ2n) is 7.95. The van der Waals surface area contributed by atoms with Gasteiger partial charge in [-0.15, -0.1) is 0 Å². The topological polar surface area (TPSA) is 66.5 Å². The number of rotatable bonds is 7. The molecular formula is C25H27FN2O3S. The summed E-state index contributed by atoms with van der Waals surface area (Å²) >= 11 is 0. The fourth-order valence-electron chi connectivity index (χ4n) is 3.60. The monoisotopic (exact) mass is 454 g/mol. The molecule has 1 N–H and O–H groups in total. The van der Waals surface area contributed by atoms with Gasteiger partial charge in [0.25, 0.3) is 5.91 Å². The van der Waals surface area contributed by atoms with Gasteiger partial charge in [0.1, 0.15) is 5.82 Å². The number of amides is 1. The number of hydrogen-bond acceptors (Lipinski definition) is 3. The van der Waals surface area contributed by atoms with Crippen molar-refractivity contribution in [3.63, 3.8) is 0 Å². The maximum Gasteiger partial charge on any atom is 0.251 e. The van der Waals surface area contributed by atoms with Crippen LogP contribution in [0.15, 0.2) is 66.7 Å². The number of nitrogens with zero attached hydrogens (tertiary/aromatic N) is 1. The van der Waals surface area contributed by atoms with Crippen LogP contribution in [0.5, 0.6) is 0 Å². The molecule has 3 aromatic rings. The summed E-state index contributed by atoms with van der Waals surface area (Å²) in [6.45, 7) is 5.76. The minimum absolute atomic E-state index is 0.165. The van der Waals surface area contributed by atoms with Crippen molar-refractivity contribution in [2.24, 2.45) is 0 Å². The second-order valence-corrected chi connectivity index (χ2v) is 9.86. The average molecular weight is 455 g/mol. The Bertz CT molecular complexity index is 1190. The maximum absolute atomic E-state index is 13.1. The van der Waals surface area contributed by atoms with Crippen molar-refractivity contribution < 1.29 is 17.6 Å². The van der Waals surface area contributed by atoms with Crippen LogP contribution in [0.1, 0.15) is 45.6 Å². The van der Waals surface area contributed by atoms with Crippen molar-refractivity contribution in [1.29, 1.82) is 0 Å². The number of para-hydroxylation sites is 1. The lowest BCUT2D eigenvalue weighted by Gasteiger charge is -2.26. The number of anilines is 1. The number of carbonyl (C=O) groups excluding carboxylic acids is 1. The molecule has 0 fully saturated rings. The number of halogens is 1. The van der Waals surface area contributed by atoms with E-state index in [1.165, 1.54) is 22.7 Å². The van der Waals surface area contributed by atoms with Crippen LogP contribution in [0, 0.1) is 19.7 Å². The third kappa shape index (κ3) is 5.53. The van der Waals surface area contributed by atoms with Gasteiger partial charge in [0, 0.05) is 5.56 Å². The van der Waals surface area contributed by atoms with Gasteiger partial charge < -0.3 is 5.32 Å². The van der Waals surface area contributed by atoms with Gasteiger partial charge in [-0.2, -0.15) is 0 Å². The quantitative estimate of drug-likeness (QED) is 0.552.